The van der Waals surface area contributed by atoms with Crippen LogP contribution < -0.4 is 0 Å². The van der Waals surface area contributed by atoms with Crippen LogP contribution in [0.25, 0.3) is 0 Å². The first-order valence-corrected chi connectivity index (χ1v) is 8.61. The van der Waals surface area contributed by atoms with Crippen LogP contribution in [0.5, 0.6) is 0 Å². The number of rotatable bonds is 1. The summed E-state index contributed by atoms with van der Waals surface area (Å²) in [6, 6.07) is 0. The van der Waals surface area contributed by atoms with E-state index in [-0.39, 0.29) is 5.41 Å². The van der Waals surface area contributed by atoms with E-state index in [1.807, 2.05) is 6.92 Å². The third kappa shape index (κ3) is 1.86. The lowest BCUT2D eigenvalue weighted by Crippen LogP contribution is -2.55. The molecule has 2 heteroatoms. The highest BCUT2D eigenvalue weighted by atomic mass is 16.4. The van der Waals surface area contributed by atoms with Crippen molar-refractivity contribution in [2.45, 2.75) is 72.1 Å². The lowest BCUT2D eigenvalue weighted by atomic mass is 9.45. The normalized spacial score (nSPS) is 47.1. The van der Waals surface area contributed by atoms with Crippen molar-refractivity contribution >= 4 is 5.97 Å². The zero-order valence-electron chi connectivity index (χ0n) is 13.3. The molecular formula is C18H30O2. The molecule has 0 amide bonds. The quantitative estimate of drug-likeness (QED) is 0.753. The Kier molecular flexibility index (Phi) is 3.42. The minimum Gasteiger partial charge on any atom is -0.481 e. The Labute approximate surface area is 123 Å². The maximum absolute atomic E-state index is 11.8. The van der Waals surface area contributed by atoms with Gasteiger partial charge in [0, 0.05) is 0 Å². The Morgan fingerprint density at radius 2 is 1.65 bits per heavy atom. The molecule has 3 fully saturated rings. The predicted octanol–water partition coefficient (Wildman–Crippen LogP) is 4.73. The van der Waals surface area contributed by atoms with E-state index >= 15 is 0 Å². The molecule has 0 heterocycles. The van der Waals surface area contributed by atoms with E-state index in [1.165, 1.54) is 38.5 Å². The van der Waals surface area contributed by atoms with Gasteiger partial charge in [-0.15, -0.1) is 0 Å². The van der Waals surface area contributed by atoms with Gasteiger partial charge >= 0.3 is 5.97 Å². The minimum absolute atomic E-state index is 0.0653. The summed E-state index contributed by atoms with van der Waals surface area (Å²) in [5, 5.41) is 9.76. The lowest BCUT2D eigenvalue weighted by Gasteiger charge is -2.59. The molecule has 0 bridgehead atoms. The molecule has 0 aliphatic heterocycles. The second-order valence-corrected chi connectivity index (χ2v) is 8.45. The van der Waals surface area contributed by atoms with E-state index in [0.717, 1.165) is 30.6 Å². The van der Waals surface area contributed by atoms with Gasteiger partial charge in [-0.3, -0.25) is 4.79 Å². The smallest absolute Gasteiger partial charge is 0.309 e. The van der Waals surface area contributed by atoms with Crippen LogP contribution in [-0.2, 0) is 4.79 Å². The maximum Gasteiger partial charge on any atom is 0.309 e. The molecule has 0 saturated heterocycles. The summed E-state index contributed by atoms with van der Waals surface area (Å²) in [4.78, 5) is 11.8. The number of hydrogen-bond acceptors (Lipinski definition) is 1. The van der Waals surface area contributed by atoms with Gasteiger partial charge in [0.15, 0.2) is 0 Å². The van der Waals surface area contributed by atoms with Crippen LogP contribution in [0.15, 0.2) is 0 Å². The Bertz CT molecular complexity index is 400. The highest BCUT2D eigenvalue weighted by Crippen LogP contribution is 2.62. The molecule has 114 valence electrons. The monoisotopic (exact) mass is 278 g/mol. The topological polar surface area (TPSA) is 37.3 Å². The van der Waals surface area contributed by atoms with Gasteiger partial charge in [-0.2, -0.15) is 0 Å². The third-order valence-electron chi connectivity index (χ3n) is 7.68. The third-order valence-corrected chi connectivity index (χ3v) is 7.68. The summed E-state index contributed by atoms with van der Waals surface area (Å²) in [6.07, 6.45) is 10.3. The van der Waals surface area contributed by atoms with Gasteiger partial charge in [0.2, 0.25) is 0 Å². The zero-order chi connectivity index (χ0) is 14.5. The molecule has 0 radical (unpaired) electrons. The van der Waals surface area contributed by atoms with Crippen molar-refractivity contribution in [3.05, 3.63) is 0 Å². The number of carbonyl (C=O) groups is 1. The fraction of sp³-hybridized carbons (Fsp3) is 0.944. The summed E-state index contributed by atoms with van der Waals surface area (Å²) in [7, 11) is 0. The molecule has 0 aromatic rings. The highest BCUT2D eigenvalue weighted by Gasteiger charge is 2.58. The predicted molar refractivity (Wildman–Crippen MR) is 80.4 cm³/mol. The van der Waals surface area contributed by atoms with E-state index in [2.05, 4.69) is 13.8 Å². The fourth-order valence-electron chi connectivity index (χ4n) is 5.95. The maximum atomic E-state index is 11.8. The van der Waals surface area contributed by atoms with Crippen molar-refractivity contribution in [2.75, 3.05) is 0 Å². The Morgan fingerprint density at radius 1 is 0.950 bits per heavy atom. The fourth-order valence-corrected chi connectivity index (χ4v) is 5.95. The molecule has 0 aromatic carbocycles. The summed E-state index contributed by atoms with van der Waals surface area (Å²) in [5.74, 6) is 2.70. The molecule has 5 unspecified atom stereocenters. The van der Waals surface area contributed by atoms with Crippen molar-refractivity contribution in [2.24, 2.45) is 34.5 Å². The number of carboxylic acids is 1. The van der Waals surface area contributed by atoms with Gasteiger partial charge in [0.05, 0.1) is 5.41 Å². The van der Waals surface area contributed by atoms with Crippen LogP contribution in [-0.4, -0.2) is 11.1 Å². The van der Waals surface area contributed by atoms with Gasteiger partial charge < -0.3 is 5.11 Å². The van der Waals surface area contributed by atoms with Crippen LogP contribution in [0.3, 0.4) is 0 Å². The van der Waals surface area contributed by atoms with Crippen LogP contribution in [0.4, 0.5) is 0 Å². The highest BCUT2D eigenvalue weighted by molar-refractivity contribution is 5.75. The first-order valence-electron chi connectivity index (χ1n) is 8.61. The van der Waals surface area contributed by atoms with Crippen LogP contribution in [0, 0.1) is 34.5 Å². The average Bonchev–Trinajstić information content (AvgIpc) is 2.42. The van der Waals surface area contributed by atoms with Gasteiger partial charge in [-0.05, 0) is 68.1 Å². The molecule has 20 heavy (non-hydrogen) atoms. The molecule has 3 aliphatic rings. The number of hydrogen-bond donors (Lipinski definition) is 1. The summed E-state index contributed by atoms with van der Waals surface area (Å²) < 4.78 is 0. The Morgan fingerprint density at radius 3 is 2.35 bits per heavy atom. The number of carboxylic acid groups (broad SMARTS) is 1. The summed E-state index contributed by atoms with van der Waals surface area (Å²) in [6.45, 7) is 6.47. The van der Waals surface area contributed by atoms with E-state index in [0.29, 0.717) is 5.92 Å². The average molecular weight is 278 g/mol. The summed E-state index contributed by atoms with van der Waals surface area (Å²) >= 11 is 0. The minimum atomic E-state index is -0.577. The van der Waals surface area contributed by atoms with Crippen LogP contribution >= 0.6 is 0 Å². The van der Waals surface area contributed by atoms with Gasteiger partial charge in [0.1, 0.15) is 0 Å². The van der Waals surface area contributed by atoms with Crippen molar-refractivity contribution < 1.29 is 9.90 Å². The van der Waals surface area contributed by atoms with Gasteiger partial charge in [-0.1, -0.05) is 33.1 Å². The zero-order valence-corrected chi connectivity index (χ0v) is 13.3. The molecule has 1 N–H and O–H groups in total. The van der Waals surface area contributed by atoms with Crippen molar-refractivity contribution in [1.82, 2.24) is 0 Å². The van der Waals surface area contributed by atoms with Crippen LogP contribution in [0.2, 0.25) is 0 Å². The molecule has 0 aromatic heterocycles. The summed E-state index contributed by atoms with van der Waals surface area (Å²) in [5.41, 5.74) is -0.597. The largest absolute Gasteiger partial charge is 0.481 e. The Hall–Kier alpha value is -0.530. The number of aliphatic carboxylic acids is 1. The van der Waals surface area contributed by atoms with Crippen molar-refractivity contribution in [3.8, 4) is 0 Å². The van der Waals surface area contributed by atoms with E-state index in [9.17, 15) is 9.90 Å². The lowest BCUT2D eigenvalue weighted by molar-refractivity contribution is -0.173. The van der Waals surface area contributed by atoms with Gasteiger partial charge in [0.25, 0.3) is 0 Å². The van der Waals surface area contributed by atoms with Crippen molar-refractivity contribution in [3.63, 3.8) is 0 Å². The molecule has 2 nitrogen and oxygen atoms in total. The Balaban J connectivity index is 1.89. The van der Waals surface area contributed by atoms with Crippen LogP contribution in [0.1, 0.15) is 72.1 Å². The SMILES string of the molecule is CC1(C(=O)O)CCC2C3CCCCC3CCC2C1(C)C. The van der Waals surface area contributed by atoms with Gasteiger partial charge in [-0.25, -0.2) is 0 Å². The van der Waals surface area contributed by atoms with E-state index in [1.54, 1.807) is 0 Å². The first kappa shape index (κ1) is 14.4. The standard InChI is InChI=1S/C18H30O2/c1-17(2)15-9-8-12-6-4-5-7-13(12)14(15)10-11-18(17,3)16(19)20/h12-15H,4-11H2,1-3H3,(H,19,20). The molecular weight excluding hydrogens is 248 g/mol. The molecule has 3 aliphatic carbocycles. The van der Waals surface area contributed by atoms with Crippen molar-refractivity contribution in [1.29, 1.82) is 0 Å². The second-order valence-electron chi connectivity index (χ2n) is 8.45. The molecule has 0 spiro atoms. The molecule has 5 atom stereocenters. The molecule has 3 saturated carbocycles. The second kappa shape index (κ2) is 4.74. The number of fused-ring (bicyclic) bond motifs is 3. The first-order chi connectivity index (χ1) is 9.38. The molecule has 3 rings (SSSR count). The van der Waals surface area contributed by atoms with E-state index in [4.69, 9.17) is 0 Å². The van der Waals surface area contributed by atoms with E-state index < -0.39 is 11.4 Å².